The van der Waals surface area contributed by atoms with E-state index in [0.29, 0.717) is 5.01 Å². The summed E-state index contributed by atoms with van der Waals surface area (Å²) in [5, 5.41) is 15.5. The summed E-state index contributed by atoms with van der Waals surface area (Å²) in [5.74, 6) is -2.40. The maximum atomic E-state index is 13.5. The third-order valence-corrected chi connectivity index (χ3v) is 2.95. The summed E-state index contributed by atoms with van der Waals surface area (Å²) in [5.41, 5.74) is -0.972. The quantitative estimate of drug-likeness (QED) is 0.685. The molecule has 0 amide bonds. The molecular weight excluding hydrogens is 264 g/mol. The number of thiazole rings is 1. The fraction of sp³-hybridized carbons (Fsp3) is 0.100. The normalized spacial score (nSPS) is 10.3. The summed E-state index contributed by atoms with van der Waals surface area (Å²) in [4.78, 5) is 13.9. The third-order valence-electron chi connectivity index (χ3n) is 2.17. The van der Waals surface area contributed by atoms with Gasteiger partial charge in [0.05, 0.1) is 11.5 Å². The zero-order valence-corrected chi connectivity index (χ0v) is 9.71. The largest absolute Gasteiger partial charge is 0.370 e. The molecule has 1 aromatic heterocycles. The van der Waals surface area contributed by atoms with E-state index in [1.165, 1.54) is 11.3 Å². The SMILES string of the molecule is O=[N+]([O-])c1ccc(F)c(F)c1NCc1nccs1. The van der Waals surface area contributed by atoms with E-state index in [-0.39, 0.29) is 6.54 Å². The lowest BCUT2D eigenvalue weighted by Gasteiger charge is -2.07. The van der Waals surface area contributed by atoms with Crippen molar-refractivity contribution in [2.75, 3.05) is 5.32 Å². The van der Waals surface area contributed by atoms with Crippen molar-refractivity contribution in [3.8, 4) is 0 Å². The van der Waals surface area contributed by atoms with Gasteiger partial charge in [0, 0.05) is 17.6 Å². The number of rotatable bonds is 4. The van der Waals surface area contributed by atoms with Gasteiger partial charge in [0.15, 0.2) is 17.3 Å². The van der Waals surface area contributed by atoms with E-state index in [9.17, 15) is 18.9 Å². The molecule has 0 saturated heterocycles. The lowest BCUT2D eigenvalue weighted by atomic mass is 10.2. The zero-order valence-electron chi connectivity index (χ0n) is 8.89. The van der Waals surface area contributed by atoms with E-state index in [1.54, 1.807) is 11.6 Å². The van der Waals surface area contributed by atoms with Crippen molar-refractivity contribution in [3.63, 3.8) is 0 Å². The first kappa shape index (κ1) is 12.4. The molecule has 2 aromatic rings. The summed E-state index contributed by atoms with van der Waals surface area (Å²) in [6.07, 6.45) is 1.55. The number of halogens is 2. The van der Waals surface area contributed by atoms with E-state index in [2.05, 4.69) is 10.3 Å². The van der Waals surface area contributed by atoms with Crippen LogP contribution in [0.2, 0.25) is 0 Å². The van der Waals surface area contributed by atoms with Crippen molar-refractivity contribution in [1.82, 2.24) is 4.98 Å². The maximum Gasteiger partial charge on any atom is 0.295 e. The highest BCUT2D eigenvalue weighted by atomic mass is 32.1. The lowest BCUT2D eigenvalue weighted by molar-refractivity contribution is -0.384. The Morgan fingerprint density at radius 3 is 2.83 bits per heavy atom. The van der Waals surface area contributed by atoms with Crippen LogP contribution in [-0.2, 0) is 6.54 Å². The van der Waals surface area contributed by atoms with Crippen LogP contribution in [0.15, 0.2) is 23.7 Å². The van der Waals surface area contributed by atoms with Crippen LogP contribution in [0.1, 0.15) is 5.01 Å². The average molecular weight is 271 g/mol. The van der Waals surface area contributed by atoms with Gasteiger partial charge in [-0.05, 0) is 6.07 Å². The smallest absolute Gasteiger partial charge is 0.295 e. The standard InChI is InChI=1S/C10H7F2N3O2S/c11-6-1-2-7(15(16)17)10(9(6)12)14-5-8-13-3-4-18-8/h1-4,14H,5H2. The Morgan fingerprint density at radius 2 is 2.22 bits per heavy atom. The second-order valence-electron chi connectivity index (χ2n) is 3.29. The van der Waals surface area contributed by atoms with Crippen molar-refractivity contribution in [2.45, 2.75) is 6.54 Å². The second-order valence-corrected chi connectivity index (χ2v) is 4.27. The van der Waals surface area contributed by atoms with Gasteiger partial charge >= 0.3 is 0 Å². The van der Waals surface area contributed by atoms with Gasteiger partial charge in [0.1, 0.15) is 5.01 Å². The highest BCUT2D eigenvalue weighted by molar-refractivity contribution is 7.09. The Hall–Kier alpha value is -2.09. The number of nitrogens with one attached hydrogen (secondary N) is 1. The van der Waals surface area contributed by atoms with Gasteiger partial charge in [-0.25, -0.2) is 13.8 Å². The molecule has 1 aromatic carbocycles. The predicted octanol–water partition coefficient (Wildman–Crippen LogP) is 2.94. The predicted molar refractivity (Wildman–Crippen MR) is 62.5 cm³/mol. The van der Waals surface area contributed by atoms with Crippen molar-refractivity contribution in [3.05, 3.63) is 50.5 Å². The highest BCUT2D eigenvalue weighted by Gasteiger charge is 2.21. The van der Waals surface area contributed by atoms with Crippen LogP contribution in [0.4, 0.5) is 20.2 Å². The van der Waals surface area contributed by atoms with Crippen LogP contribution in [-0.4, -0.2) is 9.91 Å². The molecule has 0 radical (unpaired) electrons. The minimum Gasteiger partial charge on any atom is -0.370 e. The van der Waals surface area contributed by atoms with Gasteiger partial charge in [-0.1, -0.05) is 0 Å². The first-order valence-electron chi connectivity index (χ1n) is 4.84. The summed E-state index contributed by atoms with van der Waals surface area (Å²) in [6.45, 7) is 0.0961. The van der Waals surface area contributed by atoms with E-state index < -0.39 is 27.9 Å². The molecule has 18 heavy (non-hydrogen) atoms. The molecular formula is C10H7F2N3O2S. The van der Waals surface area contributed by atoms with E-state index in [1.807, 2.05) is 0 Å². The van der Waals surface area contributed by atoms with Crippen molar-refractivity contribution >= 4 is 22.7 Å². The first-order valence-corrected chi connectivity index (χ1v) is 5.72. The molecule has 0 aliphatic carbocycles. The fourth-order valence-corrected chi connectivity index (χ4v) is 1.92. The van der Waals surface area contributed by atoms with Crippen molar-refractivity contribution in [2.24, 2.45) is 0 Å². The minimum atomic E-state index is -1.26. The first-order chi connectivity index (χ1) is 8.59. The Labute approximate surface area is 104 Å². The van der Waals surface area contributed by atoms with Crippen LogP contribution in [0, 0.1) is 21.7 Å². The maximum absolute atomic E-state index is 13.5. The molecule has 0 bridgehead atoms. The molecule has 0 aliphatic heterocycles. The number of anilines is 1. The van der Waals surface area contributed by atoms with E-state index in [4.69, 9.17) is 0 Å². The van der Waals surface area contributed by atoms with Gasteiger partial charge in [0.25, 0.3) is 5.69 Å². The van der Waals surface area contributed by atoms with Gasteiger partial charge < -0.3 is 5.32 Å². The number of nitro benzene ring substituents is 1. The summed E-state index contributed by atoms with van der Waals surface area (Å²) >= 11 is 1.31. The number of nitrogens with zero attached hydrogens (tertiary/aromatic N) is 2. The molecule has 0 spiro atoms. The molecule has 0 atom stereocenters. The van der Waals surface area contributed by atoms with Crippen molar-refractivity contribution in [1.29, 1.82) is 0 Å². The van der Waals surface area contributed by atoms with E-state index >= 15 is 0 Å². The van der Waals surface area contributed by atoms with E-state index in [0.717, 1.165) is 12.1 Å². The van der Waals surface area contributed by atoms with Gasteiger partial charge in [0.2, 0.25) is 0 Å². The van der Waals surface area contributed by atoms with Crippen LogP contribution < -0.4 is 5.32 Å². The molecule has 0 unspecified atom stereocenters. The highest BCUT2D eigenvalue weighted by Crippen LogP contribution is 2.29. The number of benzene rings is 1. The van der Waals surface area contributed by atoms with Gasteiger partial charge in [-0.2, -0.15) is 0 Å². The third kappa shape index (κ3) is 2.43. The molecule has 94 valence electrons. The molecule has 0 saturated carbocycles. The number of aromatic nitrogens is 1. The van der Waals surface area contributed by atoms with Crippen LogP contribution in [0.25, 0.3) is 0 Å². The Kier molecular flexibility index (Phi) is 3.47. The molecule has 1 N–H and O–H groups in total. The molecule has 0 aliphatic rings. The van der Waals surface area contributed by atoms with Crippen LogP contribution >= 0.6 is 11.3 Å². The topological polar surface area (TPSA) is 68.1 Å². The summed E-state index contributed by atoms with van der Waals surface area (Å²) in [6, 6.07) is 1.64. The Bertz CT molecular complexity index is 575. The monoisotopic (exact) mass is 271 g/mol. The molecule has 8 heteroatoms. The van der Waals surface area contributed by atoms with Crippen LogP contribution in [0.5, 0.6) is 0 Å². The van der Waals surface area contributed by atoms with Crippen LogP contribution in [0.3, 0.4) is 0 Å². The Morgan fingerprint density at radius 1 is 1.44 bits per heavy atom. The number of hydrogen-bond donors (Lipinski definition) is 1. The molecule has 5 nitrogen and oxygen atoms in total. The molecule has 0 fully saturated rings. The number of hydrogen-bond acceptors (Lipinski definition) is 5. The summed E-state index contributed by atoms with van der Waals surface area (Å²) in [7, 11) is 0. The fourth-order valence-electron chi connectivity index (χ4n) is 1.37. The van der Waals surface area contributed by atoms with Gasteiger partial charge in [-0.3, -0.25) is 10.1 Å². The second kappa shape index (κ2) is 5.05. The molecule has 1 heterocycles. The Balaban J connectivity index is 2.30. The zero-order chi connectivity index (χ0) is 13.1. The lowest BCUT2D eigenvalue weighted by Crippen LogP contribution is -2.06. The average Bonchev–Trinajstić information content (AvgIpc) is 2.83. The summed E-state index contributed by atoms with van der Waals surface area (Å²) < 4.78 is 26.5. The van der Waals surface area contributed by atoms with Crippen molar-refractivity contribution < 1.29 is 13.7 Å². The number of nitro groups is 1. The molecule has 2 rings (SSSR count). The minimum absolute atomic E-state index is 0.0961. The van der Waals surface area contributed by atoms with Gasteiger partial charge in [-0.15, -0.1) is 11.3 Å².